The highest BCUT2D eigenvalue weighted by Crippen LogP contribution is 2.47. The van der Waals surface area contributed by atoms with Gasteiger partial charge in [-0.2, -0.15) is 15.2 Å². The number of nitriles is 1. The number of Topliss-reactive ketones (excluding diaryl/α,β-unsaturated/α-hetero) is 1. The molecule has 0 N–H and O–H groups in total. The minimum atomic E-state index is -0.689. The Labute approximate surface area is 294 Å². The summed E-state index contributed by atoms with van der Waals surface area (Å²) in [6.07, 6.45) is 5.74. The zero-order chi connectivity index (χ0) is 35.5. The van der Waals surface area contributed by atoms with Crippen LogP contribution in [0.1, 0.15) is 86.8 Å². The van der Waals surface area contributed by atoms with E-state index in [1.54, 1.807) is 17.3 Å². The van der Waals surface area contributed by atoms with Crippen LogP contribution in [0, 0.1) is 23.2 Å². The molecule has 2 aromatic rings. The Morgan fingerprint density at radius 3 is 2.55 bits per heavy atom. The summed E-state index contributed by atoms with van der Waals surface area (Å²) in [7, 11) is 5.86. The number of anilines is 1. The van der Waals surface area contributed by atoms with Crippen LogP contribution in [0.25, 0.3) is 0 Å². The molecule has 1 amide bonds. The van der Waals surface area contributed by atoms with E-state index in [-0.39, 0.29) is 29.9 Å². The molecule has 0 radical (unpaired) electrons. The van der Waals surface area contributed by atoms with Crippen molar-refractivity contribution in [2.24, 2.45) is 4.99 Å². The number of aliphatic imine (C=N–C) groups is 1. The van der Waals surface area contributed by atoms with Crippen molar-refractivity contribution in [3.8, 4) is 23.9 Å². The highest BCUT2D eigenvalue weighted by Gasteiger charge is 2.37. The van der Waals surface area contributed by atoms with Crippen molar-refractivity contribution in [1.82, 2.24) is 24.7 Å². The van der Waals surface area contributed by atoms with Crippen LogP contribution in [0.4, 0.5) is 15.6 Å². The smallest absolute Gasteiger partial charge is 0.410 e. The number of hydrogen-bond acceptors (Lipinski definition) is 11. The van der Waals surface area contributed by atoms with Gasteiger partial charge >= 0.3 is 12.1 Å². The lowest BCUT2D eigenvalue weighted by Crippen LogP contribution is -2.50. The molecular formula is C36H48N8O4S. The number of carbonyl (C=O) groups is 2. The molecule has 3 atom stereocenters. The quantitative estimate of drug-likeness (QED) is 0.129. The molecule has 49 heavy (non-hydrogen) atoms. The van der Waals surface area contributed by atoms with Gasteiger partial charge in [-0.15, -0.1) is 11.3 Å². The Bertz CT molecular complexity index is 1690. The molecule has 1 unspecified atom stereocenters. The van der Waals surface area contributed by atoms with Crippen molar-refractivity contribution in [3.05, 3.63) is 27.8 Å². The third kappa shape index (κ3) is 8.52. The average Bonchev–Trinajstić information content (AvgIpc) is 3.65. The summed E-state index contributed by atoms with van der Waals surface area (Å²) in [6.45, 7) is 12.5. The summed E-state index contributed by atoms with van der Waals surface area (Å²) in [4.78, 5) is 49.3. The first-order valence-electron chi connectivity index (χ1n) is 17.0. The number of aryl methyl sites for hydroxylation is 1. The number of fused-ring (bicyclic) bond motifs is 1. The zero-order valence-corrected chi connectivity index (χ0v) is 30.8. The molecular weight excluding hydrogens is 641 g/mol. The summed E-state index contributed by atoms with van der Waals surface area (Å²) in [5, 5.41) is 10.8. The molecule has 0 saturated carbocycles. The van der Waals surface area contributed by atoms with Gasteiger partial charge in [0, 0.05) is 62.8 Å². The lowest BCUT2D eigenvalue weighted by Gasteiger charge is -2.36. The molecule has 0 bridgehead atoms. The summed E-state index contributed by atoms with van der Waals surface area (Å²) in [5.74, 6) is 6.26. The maximum Gasteiger partial charge on any atom is 0.410 e. The highest BCUT2D eigenvalue weighted by atomic mass is 32.1. The van der Waals surface area contributed by atoms with Gasteiger partial charge in [0.1, 0.15) is 34.3 Å². The Hall–Kier alpha value is -4.20. The number of ketones is 1. The monoisotopic (exact) mass is 688 g/mol. The lowest BCUT2D eigenvalue weighted by atomic mass is 9.73. The van der Waals surface area contributed by atoms with E-state index in [1.165, 1.54) is 11.3 Å². The predicted octanol–water partition coefficient (Wildman–Crippen LogP) is 5.03. The van der Waals surface area contributed by atoms with E-state index >= 15 is 0 Å². The minimum Gasteiger partial charge on any atom is -0.459 e. The van der Waals surface area contributed by atoms with E-state index in [2.05, 4.69) is 39.8 Å². The number of likely N-dealkylation sites (tertiary alicyclic amines) is 1. The second-order valence-electron chi connectivity index (χ2n) is 14.5. The van der Waals surface area contributed by atoms with Gasteiger partial charge in [0.05, 0.1) is 17.3 Å². The Balaban J connectivity index is 1.43. The molecule has 0 aromatic carbocycles. The number of likely N-dealkylation sites (N-methyl/N-ethyl adjacent to an activating group) is 1. The summed E-state index contributed by atoms with van der Waals surface area (Å²) >= 11 is 1.52. The molecule has 2 saturated heterocycles. The maximum atomic E-state index is 13.8. The molecule has 2 fully saturated rings. The maximum absolute atomic E-state index is 13.8. The number of rotatable bonds is 7. The molecule has 2 aromatic heterocycles. The summed E-state index contributed by atoms with van der Waals surface area (Å²) in [6, 6.07) is 4.37. The van der Waals surface area contributed by atoms with Crippen LogP contribution >= 0.6 is 11.3 Å². The van der Waals surface area contributed by atoms with E-state index in [0.29, 0.717) is 42.6 Å². The molecule has 13 heteroatoms. The molecule has 5 rings (SSSR count). The van der Waals surface area contributed by atoms with Crippen molar-refractivity contribution in [2.45, 2.75) is 89.9 Å². The fourth-order valence-corrected chi connectivity index (χ4v) is 7.92. The van der Waals surface area contributed by atoms with Gasteiger partial charge in [0.2, 0.25) is 0 Å². The van der Waals surface area contributed by atoms with Crippen molar-refractivity contribution in [3.63, 3.8) is 0 Å². The molecule has 262 valence electrons. The molecule has 1 aliphatic carbocycles. The van der Waals surface area contributed by atoms with Crippen LogP contribution in [0.3, 0.4) is 0 Å². The Kier molecular flexibility index (Phi) is 10.9. The van der Waals surface area contributed by atoms with Crippen molar-refractivity contribution < 1.29 is 19.1 Å². The number of ether oxygens (including phenoxy) is 2. The normalized spacial score (nSPS) is 21.8. The topological polar surface area (TPSA) is 127 Å². The van der Waals surface area contributed by atoms with Crippen LogP contribution in [0.15, 0.2) is 11.1 Å². The number of carbonyl (C=O) groups excluding carboxylic acids is 2. The van der Waals surface area contributed by atoms with Gasteiger partial charge in [-0.25, -0.2) is 9.79 Å². The third-order valence-electron chi connectivity index (χ3n) is 9.15. The van der Waals surface area contributed by atoms with Crippen LogP contribution < -0.4 is 9.64 Å². The van der Waals surface area contributed by atoms with E-state index < -0.39 is 16.8 Å². The number of nitrogens with zero attached hydrogens (tertiary/aromatic N) is 8. The molecule has 0 spiro atoms. The van der Waals surface area contributed by atoms with Gasteiger partial charge in [-0.1, -0.05) is 5.92 Å². The standard InChI is InChI=1S/C36H48N8O4S/c1-24(27-11-10-16-42(27)8)47-33-39-26(21-30(40-33)43-17-19-44(20-18-43)34(46)48-35(2,3)4)28(45)13-15-36(5)14-9-12-29-31(36)25(22-37)32(49-29)38-23-41(6)7/h21,23-24,27H,9-12,14,16-20H2,1-8H3/b38-23+/t24-,27-,36?/m0/s1. The SMILES string of the molecule is C[C@H](Oc1nc(C(=O)C#CC2(C)CCCc3sc(/N=C/N(C)C)c(C#N)c32)cc(N2CCN(C(=O)OC(C)(C)C)CC2)n1)[C@@H]1CCCN1C. The third-order valence-corrected chi connectivity index (χ3v) is 10.3. The second-order valence-corrected chi connectivity index (χ2v) is 15.6. The molecule has 3 aliphatic rings. The predicted molar refractivity (Wildman–Crippen MR) is 191 cm³/mol. The van der Waals surface area contributed by atoms with Crippen LogP contribution in [-0.4, -0.2) is 114 Å². The van der Waals surface area contributed by atoms with Crippen molar-refractivity contribution in [1.29, 1.82) is 5.26 Å². The first kappa shape index (κ1) is 36.1. The fraction of sp³-hybridized carbons (Fsp3) is 0.611. The summed E-state index contributed by atoms with van der Waals surface area (Å²) < 4.78 is 11.9. The van der Waals surface area contributed by atoms with E-state index in [1.807, 2.05) is 58.5 Å². The van der Waals surface area contributed by atoms with E-state index in [9.17, 15) is 14.9 Å². The first-order valence-corrected chi connectivity index (χ1v) is 17.8. The van der Waals surface area contributed by atoms with Crippen molar-refractivity contribution in [2.75, 3.05) is 58.8 Å². The Morgan fingerprint density at radius 1 is 1.18 bits per heavy atom. The van der Waals surface area contributed by atoms with E-state index in [4.69, 9.17) is 14.5 Å². The fourth-order valence-electron chi connectivity index (χ4n) is 6.66. The molecule has 2 aliphatic heterocycles. The number of aromatic nitrogens is 2. The average molecular weight is 689 g/mol. The Morgan fingerprint density at radius 2 is 1.92 bits per heavy atom. The molecule has 4 heterocycles. The second kappa shape index (κ2) is 14.7. The van der Waals surface area contributed by atoms with Crippen LogP contribution in [-0.2, 0) is 16.6 Å². The van der Waals surface area contributed by atoms with Crippen LogP contribution in [0.2, 0.25) is 0 Å². The first-order chi connectivity index (χ1) is 23.2. The number of thiophene rings is 1. The largest absolute Gasteiger partial charge is 0.459 e. The van der Waals surface area contributed by atoms with Crippen LogP contribution in [0.5, 0.6) is 6.01 Å². The minimum absolute atomic E-state index is 0.129. The zero-order valence-electron chi connectivity index (χ0n) is 30.0. The lowest BCUT2D eigenvalue weighted by molar-refractivity contribution is 0.0240. The van der Waals surface area contributed by atoms with Gasteiger partial charge in [-0.3, -0.25) is 9.69 Å². The van der Waals surface area contributed by atoms with Crippen molar-refractivity contribution >= 4 is 40.4 Å². The summed E-state index contributed by atoms with van der Waals surface area (Å²) in [5.41, 5.74) is 0.286. The van der Waals surface area contributed by atoms with E-state index in [0.717, 1.165) is 49.1 Å². The number of hydrogen-bond donors (Lipinski definition) is 0. The number of amides is 1. The van der Waals surface area contributed by atoms with Gasteiger partial charge in [0.15, 0.2) is 0 Å². The van der Waals surface area contributed by atoms with Gasteiger partial charge in [0.25, 0.3) is 5.78 Å². The van der Waals surface area contributed by atoms with Gasteiger partial charge < -0.3 is 24.2 Å². The molecule has 12 nitrogen and oxygen atoms in total. The number of piperazine rings is 1. The highest BCUT2D eigenvalue weighted by molar-refractivity contribution is 7.16. The van der Waals surface area contributed by atoms with Gasteiger partial charge in [-0.05, 0) is 86.2 Å².